The van der Waals surface area contributed by atoms with E-state index in [2.05, 4.69) is 14.9 Å². The summed E-state index contributed by atoms with van der Waals surface area (Å²) in [4.78, 5) is 5.53. The van der Waals surface area contributed by atoms with Gasteiger partial charge in [-0.1, -0.05) is 35.5 Å². The zero-order valence-electron chi connectivity index (χ0n) is 15.5. The van der Waals surface area contributed by atoms with Gasteiger partial charge in [0.05, 0.1) is 10.6 Å². The van der Waals surface area contributed by atoms with E-state index >= 15 is 0 Å². The van der Waals surface area contributed by atoms with Gasteiger partial charge in [-0.25, -0.2) is 12.8 Å². The lowest BCUT2D eigenvalue weighted by atomic mass is 10.2. The summed E-state index contributed by atoms with van der Waals surface area (Å²) in [7, 11) is -3.78. The second kappa shape index (κ2) is 7.41. The molecule has 0 aliphatic rings. The molecule has 2 aromatic carbocycles. The monoisotopic (exact) mass is 429 g/mol. The molecule has 0 spiro atoms. The Morgan fingerprint density at radius 2 is 1.86 bits per heavy atom. The first-order chi connectivity index (χ1) is 13.8. The maximum absolute atomic E-state index is 13.4. The molecule has 0 saturated heterocycles. The summed E-state index contributed by atoms with van der Waals surface area (Å²) >= 11 is 1.23. The van der Waals surface area contributed by atoms with Gasteiger partial charge in [-0.2, -0.15) is 4.98 Å². The largest absolute Gasteiger partial charge is 0.333 e. The number of nitrogens with one attached hydrogen (secondary N) is 1. The minimum Gasteiger partial charge on any atom is -0.333 e. The number of aryl methyl sites for hydroxylation is 2. The molecule has 29 heavy (non-hydrogen) atoms. The molecule has 0 unspecified atom stereocenters. The average Bonchev–Trinajstić information content (AvgIpc) is 3.31. The van der Waals surface area contributed by atoms with E-state index in [1.807, 2.05) is 19.1 Å². The molecule has 2 heterocycles. The second-order valence-electron chi connectivity index (χ2n) is 6.38. The number of rotatable bonds is 5. The molecule has 2 aromatic heterocycles. The van der Waals surface area contributed by atoms with Gasteiger partial charge in [-0.05, 0) is 43.7 Å². The van der Waals surface area contributed by atoms with E-state index in [9.17, 15) is 12.8 Å². The number of aromatic nitrogens is 2. The van der Waals surface area contributed by atoms with Crippen LogP contribution in [0.4, 0.5) is 10.1 Å². The molecule has 0 amide bonds. The highest BCUT2D eigenvalue weighted by molar-refractivity contribution is 7.93. The minimum absolute atomic E-state index is 0.145. The summed E-state index contributed by atoms with van der Waals surface area (Å²) in [6.07, 6.45) is 0. The molecule has 0 aliphatic carbocycles. The van der Waals surface area contributed by atoms with Gasteiger partial charge in [0.2, 0.25) is 5.82 Å². The van der Waals surface area contributed by atoms with Crippen molar-refractivity contribution in [1.29, 1.82) is 0 Å². The zero-order chi connectivity index (χ0) is 20.6. The minimum atomic E-state index is -3.78. The Labute approximate surface area is 171 Å². The molecule has 0 fully saturated rings. The molecule has 6 nitrogen and oxygen atoms in total. The van der Waals surface area contributed by atoms with Crippen LogP contribution in [0.3, 0.4) is 0 Å². The molecular weight excluding hydrogens is 413 g/mol. The van der Waals surface area contributed by atoms with Gasteiger partial charge in [0.15, 0.2) is 0 Å². The van der Waals surface area contributed by atoms with Gasteiger partial charge in [0, 0.05) is 10.4 Å². The van der Waals surface area contributed by atoms with Crippen LogP contribution in [-0.4, -0.2) is 18.6 Å². The topological polar surface area (TPSA) is 85.1 Å². The highest BCUT2D eigenvalue weighted by atomic mass is 32.2. The first-order valence-electron chi connectivity index (χ1n) is 8.62. The van der Waals surface area contributed by atoms with Crippen molar-refractivity contribution in [2.75, 3.05) is 4.72 Å². The fourth-order valence-electron chi connectivity index (χ4n) is 2.79. The van der Waals surface area contributed by atoms with Crippen molar-refractivity contribution in [3.8, 4) is 22.2 Å². The second-order valence-corrected chi connectivity index (χ2v) is 9.29. The fourth-order valence-corrected chi connectivity index (χ4v) is 5.44. The summed E-state index contributed by atoms with van der Waals surface area (Å²) in [5, 5.41) is 3.87. The van der Waals surface area contributed by atoms with Crippen molar-refractivity contribution in [2.45, 2.75) is 18.7 Å². The zero-order valence-corrected chi connectivity index (χ0v) is 17.1. The third-order valence-electron chi connectivity index (χ3n) is 4.27. The Morgan fingerprint density at radius 1 is 1.07 bits per heavy atom. The molecule has 4 aromatic rings. The van der Waals surface area contributed by atoms with Crippen LogP contribution in [0.5, 0.6) is 0 Å². The molecule has 0 aliphatic heterocycles. The van der Waals surface area contributed by atoms with Crippen LogP contribution < -0.4 is 4.72 Å². The van der Waals surface area contributed by atoms with Crippen LogP contribution in [0.2, 0.25) is 0 Å². The third-order valence-corrected chi connectivity index (χ3v) is 6.93. The average molecular weight is 429 g/mol. The predicted molar refractivity (Wildman–Crippen MR) is 110 cm³/mol. The number of hydrogen-bond donors (Lipinski definition) is 1. The van der Waals surface area contributed by atoms with Crippen molar-refractivity contribution < 1.29 is 17.3 Å². The number of sulfonamides is 1. The number of benzene rings is 2. The number of halogens is 1. The van der Waals surface area contributed by atoms with E-state index in [-0.39, 0.29) is 16.6 Å². The lowest BCUT2D eigenvalue weighted by Gasteiger charge is -2.09. The molecule has 9 heteroatoms. The first-order valence-corrected chi connectivity index (χ1v) is 10.9. The number of nitrogens with zero attached hydrogens (tertiary/aromatic N) is 2. The maximum atomic E-state index is 13.4. The van der Waals surface area contributed by atoms with Crippen molar-refractivity contribution in [1.82, 2.24) is 10.1 Å². The number of hydrogen-bond acceptors (Lipinski definition) is 6. The SMILES string of the molecule is Cc1ccccc1NS(=O)(=O)c1cc(-c2nc(-c3cccc(F)c3)no2)sc1C. The Balaban J connectivity index is 1.66. The van der Waals surface area contributed by atoms with Gasteiger partial charge in [0.25, 0.3) is 15.9 Å². The van der Waals surface area contributed by atoms with E-state index in [0.29, 0.717) is 21.0 Å². The molecule has 1 N–H and O–H groups in total. The molecule has 0 saturated carbocycles. The summed E-state index contributed by atoms with van der Waals surface area (Å²) < 4.78 is 47.1. The Kier molecular flexibility index (Phi) is 4.93. The van der Waals surface area contributed by atoms with Crippen molar-refractivity contribution in [3.05, 3.63) is 70.9 Å². The Hall–Kier alpha value is -3.04. The van der Waals surface area contributed by atoms with Crippen LogP contribution >= 0.6 is 11.3 Å². The van der Waals surface area contributed by atoms with E-state index in [1.54, 1.807) is 31.2 Å². The van der Waals surface area contributed by atoms with Gasteiger partial charge in [-0.3, -0.25) is 4.72 Å². The van der Waals surface area contributed by atoms with Crippen LogP contribution in [0.15, 0.2) is 64.0 Å². The van der Waals surface area contributed by atoms with Gasteiger partial charge < -0.3 is 4.52 Å². The van der Waals surface area contributed by atoms with E-state index in [0.717, 1.165) is 5.56 Å². The molecule has 0 atom stereocenters. The van der Waals surface area contributed by atoms with E-state index < -0.39 is 15.8 Å². The van der Waals surface area contributed by atoms with Crippen LogP contribution in [0, 0.1) is 19.7 Å². The van der Waals surface area contributed by atoms with E-state index in [1.165, 1.54) is 29.5 Å². The molecular formula is C20H16FN3O3S2. The molecule has 148 valence electrons. The fraction of sp³-hybridized carbons (Fsp3) is 0.100. The summed E-state index contributed by atoms with van der Waals surface area (Å²) in [6.45, 7) is 3.54. The Morgan fingerprint density at radius 3 is 2.62 bits per heavy atom. The van der Waals surface area contributed by atoms with Crippen molar-refractivity contribution in [2.24, 2.45) is 0 Å². The van der Waals surface area contributed by atoms with Crippen LogP contribution in [0.1, 0.15) is 10.4 Å². The highest BCUT2D eigenvalue weighted by Gasteiger charge is 2.23. The summed E-state index contributed by atoms with van der Waals surface area (Å²) in [6, 6.07) is 14.5. The normalized spacial score (nSPS) is 11.6. The van der Waals surface area contributed by atoms with Gasteiger partial charge in [-0.15, -0.1) is 11.3 Å². The number of thiophene rings is 1. The van der Waals surface area contributed by atoms with Crippen molar-refractivity contribution >= 4 is 27.0 Å². The lowest BCUT2D eigenvalue weighted by molar-refractivity contribution is 0.433. The summed E-state index contributed by atoms with van der Waals surface area (Å²) in [5.41, 5.74) is 1.81. The number of anilines is 1. The van der Waals surface area contributed by atoms with E-state index in [4.69, 9.17) is 4.52 Å². The molecule has 0 bridgehead atoms. The first kappa shape index (κ1) is 19.3. The van der Waals surface area contributed by atoms with Crippen molar-refractivity contribution in [3.63, 3.8) is 0 Å². The quantitative estimate of drug-likeness (QED) is 0.481. The van der Waals surface area contributed by atoms with Crippen LogP contribution in [-0.2, 0) is 10.0 Å². The summed E-state index contributed by atoms with van der Waals surface area (Å²) in [5.74, 6) is -0.000763. The van der Waals surface area contributed by atoms with Crippen LogP contribution in [0.25, 0.3) is 22.2 Å². The predicted octanol–water partition coefficient (Wildman–Crippen LogP) is 5.02. The smallest absolute Gasteiger partial charge is 0.268 e. The molecule has 4 rings (SSSR count). The maximum Gasteiger partial charge on any atom is 0.268 e. The third kappa shape index (κ3) is 3.92. The van der Waals surface area contributed by atoms with Gasteiger partial charge in [0.1, 0.15) is 10.7 Å². The lowest BCUT2D eigenvalue weighted by Crippen LogP contribution is -2.13. The number of para-hydroxylation sites is 1. The van der Waals surface area contributed by atoms with Gasteiger partial charge >= 0.3 is 0 Å². The molecule has 0 radical (unpaired) electrons. The highest BCUT2D eigenvalue weighted by Crippen LogP contribution is 2.34. The Bertz CT molecular complexity index is 1300. The standard InChI is InChI=1S/C20H16FN3O3S2/c1-12-6-3-4-9-16(12)24-29(25,26)18-11-17(28-13(18)2)20-22-19(23-27-20)14-7-5-8-15(21)10-14/h3-11,24H,1-2H3.